The first-order valence-corrected chi connectivity index (χ1v) is 6.95. The van der Waals surface area contributed by atoms with Crippen LogP contribution in [0.25, 0.3) is 0 Å². The number of halogens is 3. The zero-order valence-corrected chi connectivity index (χ0v) is 12.0. The van der Waals surface area contributed by atoms with Crippen molar-refractivity contribution < 1.29 is 18.0 Å². The molecule has 0 spiro atoms. The van der Waals surface area contributed by atoms with Gasteiger partial charge in [0.1, 0.15) is 0 Å². The van der Waals surface area contributed by atoms with E-state index in [9.17, 15) is 18.0 Å². The van der Waals surface area contributed by atoms with E-state index in [0.29, 0.717) is 31.7 Å². The van der Waals surface area contributed by atoms with Gasteiger partial charge in [-0.2, -0.15) is 13.2 Å². The fraction of sp³-hybridized carbons (Fsp3) is 0.533. The second-order valence-corrected chi connectivity index (χ2v) is 5.46. The number of hydrogen-bond donors (Lipinski definition) is 0. The molecule has 3 nitrogen and oxygen atoms in total. The summed E-state index contributed by atoms with van der Waals surface area (Å²) in [6.45, 7) is 3.03. The lowest BCUT2D eigenvalue weighted by Gasteiger charge is -2.34. The lowest BCUT2D eigenvalue weighted by molar-refractivity contribution is -0.149. The number of alkyl halides is 3. The standard InChI is InChI=1S/C15H19F3N2O/c1-12-2-4-13(5-3-12)14(21)10-19-6-8-20(9-7-19)11-15(16,17)18/h2-5H,6-11H2,1H3. The average molecular weight is 300 g/mol. The summed E-state index contributed by atoms with van der Waals surface area (Å²) >= 11 is 0. The fourth-order valence-electron chi connectivity index (χ4n) is 2.39. The molecule has 0 unspecified atom stereocenters. The molecular formula is C15H19F3N2O. The van der Waals surface area contributed by atoms with Crippen LogP contribution in [-0.4, -0.2) is 61.0 Å². The van der Waals surface area contributed by atoms with Crippen molar-refractivity contribution in [1.82, 2.24) is 9.80 Å². The Hall–Kier alpha value is -1.40. The van der Waals surface area contributed by atoms with Gasteiger partial charge in [-0.05, 0) is 6.92 Å². The van der Waals surface area contributed by atoms with E-state index >= 15 is 0 Å². The number of hydrogen-bond acceptors (Lipinski definition) is 3. The summed E-state index contributed by atoms with van der Waals surface area (Å²) in [7, 11) is 0. The van der Waals surface area contributed by atoms with Gasteiger partial charge >= 0.3 is 6.18 Å². The Labute approximate surface area is 122 Å². The van der Waals surface area contributed by atoms with Crippen molar-refractivity contribution in [3.63, 3.8) is 0 Å². The molecule has 1 aliphatic rings. The van der Waals surface area contributed by atoms with E-state index in [1.54, 1.807) is 12.1 Å². The Morgan fingerprint density at radius 3 is 2.10 bits per heavy atom. The van der Waals surface area contributed by atoms with Crippen molar-refractivity contribution in [1.29, 1.82) is 0 Å². The van der Waals surface area contributed by atoms with Crippen LogP contribution in [0.2, 0.25) is 0 Å². The molecule has 0 amide bonds. The maximum atomic E-state index is 12.3. The van der Waals surface area contributed by atoms with Crippen LogP contribution in [0.4, 0.5) is 13.2 Å². The average Bonchev–Trinajstić information content (AvgIpc) is 2.40. The Balaban J connectivity index is 1.80. The SMILES string of the molecule is Cc1ccc(C(=O)CN2CCN(CC(F)(F)F)CC2)cc1. The van der Waals surface area contributed by atoms with E-state index < -0.39 is 12.7 Å². The second-order valence-electron chi connectivity index (χ2n) is 5.46. The highest BCUT2D eigenvalue weighted by Gasteiger charge is 2.32. The van der Waals surface area contributed by atoms with Gasteiger partial charge in [-0.3, -0.25) is 14.6 Å². The minimum Gasteiger partial charge on any atom is -0.293 e. The molecule has 0 atom stereocenters. The molecule has 6 heteroatoms. The van der Waals surface area contributed by atoms with E-state index in [-0.39, 0.29) is 12.3 Å². The highest BCUT2D eigenvalue weighted by molar-refractivity contribution is 5.97. The number of nitrogens with zero attached hydrogens (tertiary/aromatic N) is 2. The Morgan fingerprint density at radius 1 is 1.05 bits per heavy atom. The normalized spacial score (nSPS) is 17.9. The number of benzene rings is 1. The third-order valence-electron chi connectivity index (χ3n) is 3.61. The van der Waals surface area contributed by atoms with Crippen LogP contribution in [-0.2, 0) is 0 Å². The molecule has 1 aromatic carbocycles. The third kappa shape index (κ3) is 5.13. The van der Waals surface area contributed by atoms with Crippen molar-refractivity contribution in [3.8, 4) is 0 Å². The molecule has 1 heterocycles. The van der Waals surface area contributed by atoms with Crippen LogP contribution in [0.15, 0.2) is 24.3 Å². The first kappa shape index (κ1) is 16.0. The van der Waals surface area contributed by atoms with Crippen molar-refractivity contribution in [2.75, 3.05) is 39.3 Å². The fourth-order valence-corrected chi connectivity index (χ4v) is 2.39. The molecule has 116 valence electrons. The largest absolute Gasteiger partial charge is 0.401 e. The van der Waals surface area contributed by atoms with Gasteiger partial charge in [0.15, 0.2) is 5.78 Å². The zero-order valence-electron chi connectivity index (χ0n) is 12.0. The predicted octanol–water partition coefficient (Wildman–Crippen LogP) is 2.36. The van der Waals surface area contributed by atoms with Crippen molar-refractivity contribution in [2.24, 2.45) is 0 Å². The summed E-state index contributed by atoms with van der Waals surface area (Å²) in [6.07, 6.45) is -4.15. The minimum atomic E-state index is -4.15. The van der Waals surface area contributed by atoms with E-state index in [2.05, 4.69) is 0 Å². The maximum Gasteiger partial charge on any atom is 0.401 e. The highest BCUT2D eigenvalue weighted by Crippen LogP contribution is 2.17. The van der Waals surface area contributed by atoms with Crippen molar-refractivity contribution in [2.45, 2.75) is 13.1 Å². The second kappa shape index (κ2) is 6.58. The summed E-state index contributed by atoms with van der Waals surface area (Å²) in [6, 6.07) is 7.35. The number of piperazine rings is 1. The molecule has 1 saturated heterocycles. The van der Waals surface area contributed by atoms with Crippen LogP contribution in [0.1, 0.15) is 15.9 Å². The number of rotatable bonds is 4. The first-order valence-electron chi connectivity index (χ1n) is 6.95. The lowest BCUT2D eigenvalue weighted by Crippen LogP contribution is -2.50. The van der Waals surface area contributed by atoms with Crippen LogP contribution >= 0.6 is 0 Å². The van der Waals surface area contributed by atoms with E-state index in [1.165, 1.54) is 4.90 Å². The topological polar surface area (TPSA) is 23.6 Å². The molecule has 1 aromatic rings. The van der Waals surface area contributed by atoms with E-state index in [1.807, 2.05) is 24.0 Å². The van der Waals surface area contributed by atoms with E-state index in [4.69, 9.17) is 0 Å². The Bertz CT molecular complexity index is 477. The van der Waals surface area contributed by atoms with Gasteiger partial charge in [0.05, 0.1) is 13.1 Å². The molecule has 0 aromatic heterocycles. The van der Waals surface area contributed by atoms with Gasteiger partial charge in [0.2, 0.25) is 0 Å². The lowest BCUT2D eigenvalue weighted by atomic mass is 10.1. The summed E-state index contributed by atoms with van der Waals surface area (Å²) in [5, 5.41) is 0. The number of ketones is 1. The Kier molecular flexibility index (Phi) is 5.00. The number of Topliss-reactive ketones (excluding diaryl/α,β-unsaturated/α-hetero) is 1. The van der Waals surface area contributed by atoms with Gasteiger partial charge in [0, 0.05) is 31.7 Å². The monoisotopic (exact) mass is 300 g/mol. The molecule has 2 rings (SSSR count). The molecule has 1 fully saturated rings. The van der Waals surface area contributed by atoms with Gasteiger partial charge in [-0.1, -0.05) is 29.8 Å². The van der Waals surface area contributed by atoms with Crippen LogP contribution < -0.4 is 0 Å². The highest BCUT2D eigenvalue weighted by atomic mass is 19.4. The maximum absolute atomic E-state index is 12.3. The number of carbonyl (C=O) groups excluding carboxylic acids is 1. The summed E-state index contributed by atoms with van der Waals surface area (Å²) in [5.74, 6) is 0.0132. The molecule has 1 aliphatic heterocycles. The molecule has 21 heavy (non-hydrogen) atoms. The molecule has 0 aliphatic carbocycles. The van der Waals surface area contributed by atoms with Crippen LogP contribution in [0.5, 0.6) is 0 Å². The molecular weight excluding hydrogens is 281 g/mol. The quantitative estimate of drug-likeness (QED) is 0.798. The summed E-state index contributed by atoms with van der Waals surface area (Å²) < 4.78 is 36.9. The number of aryl methyl sites for hydroxylation is 1. The Morgan fingerprint density at radius 2 is 1.57 bits per heavy atom. The van der Waals surface area contributed by atoms with Crippen molar-refractivity contribution in [3.05, 3.63) is 35.4 Å². The van der Waals surface area contributed by atoms with E-state index in [0.717, 1.165) is 5.56 Å². The van der Waals surface area contributed by atoms with Gasteiger partial charge in [-0.15, -0.1) is 0 Å². The van der Waals surface area contributed by atoms with Gasteiger partial charge in [-0.25, -0.2) is 0 Å². The summed E-state index contributed by atoms with van der Waals surface area (Å²) in [5.41, 5.74) is 1.74. The van der Waals surface area contributed by atoms with Crippen LogP contribution in [0.3, 0.4) is 0 Å². The zero-order chi connectivity index (χ0) is 15.5. The first-order chi connectivity index (χ1) is 9.83. The summed E-state index contributed by atoms with van der Waals surface area (Å²) in [4.78, 5) is 15.4. The third-order valence-corrected chi connectivity index (χ3v) is 3.61. The van der Waals surface area contributed by atoms with Crippen LogP contribution in [0, 0.1) is 6.92 Å². The number of carbonyl (C=O) groups is 1. The molecule has 0 radical (unpaired) electrons. The van der Waals surface area contributed by atoms with Gasteiger partial charge in [0.25, 0.3) is 0 Å². The smallest absolute Gasteiger partial charge is 0.293 e. The predicted molar refractivity (Wildman–Crippen MR) is 74.4 cm³/mol. The molecule has 0 bridgehead atoms. The minimum absolute atomic E-state index is 0.0132. The molecule has 0 N–H and O–H groups in total. The molecule has 0 saturated carbocycles. The van der Waals surface area contributed by atoms with Gasteiger partial charge < -0.3 is 0 Å². The van der Waals surface area contributed by atoms with Crippen molar-refractivity contribution >= 4 is 5.78 Å².